The number of H-pyrrole nitrogens is 1. The average Bonchev–Trinajstić information content (AvgIpc) is 3.25. The topological polar surface area (TPSA) is 83.1 Å². The van der Waals surface area contributed by atoms with Crippen molar-refractivity contribution in [2.24, 2.45) is 0 Å². The van der Waals surface area contributed by atoms with E-state index in [-0.39, 0.29) is 12.5 Å². The summed E-state index contributed by atoms with van der Waals surface area (Å²) in [4.78, 5) is 18.8. The first-order valence-corrected chi connectivity index (χ1v) is 10.5. The Morgan fingerprint density at radius 2 is 2.00 bits per heavy atom. The Hall–Kier alpha value is -3.69. The lowest BCUT2D eigenvalue weighted by molar-refractivity contribution is -0.133. The number of morpholine rings is 1. The summed E-state index contributed by atoms with van der Waals surface area (Å²) < 4.78 is 32.8. The molecule has 33 heavy (non-hydrogen) atoms. The van der Waals surface area contributed by atoms with Crippen LogP contribution in [0.25, 0.3) is 22.2 Å². The van der Waals surface area contributed by atoms with Crippen LogP contribution in [-0.4, -0.2) is 51.8 Å². The van der Waals surface area contributed by atoms with Crippen molar-refractivity contribution in [3.8, 4) is 11.3 Å². The number of nitrogens with zero attached hydrogens (tertiary/aromatic N) is 3. The molecule has 1 amide bonds. The van der Waals surface area contributed by atoms with Gasteiger partial charge in [0.05, 0.1) is 12.1 Å². The lowest BCUT2D eigenvalue weighted by Crippen LogP contribution is -2.47. The number of halogens is 2. The number of aromatic amines is 1. The Labute approximate surface area is 188 Å². The molecular weight excluding hydrogens is 428 g/mol. The number of hydrogen-bond acceptors (Lipinski definition) is 5. The van der Waals surface area contributed by atoms with Crippen LogP contribution >= 0.6 is 0 Å². The van der Waals surface area contributed by atoms with Crippen LogP contribution in [0.4, 0.5) is 14.5 Å². The average molecular weight is 449 g/mol. The van der Waals surface area contributed by atoms with Crippen molar-refractivity contribution < 1.29 is 18.3 Å². The van der Waals surface area contributed by atoms with E-state index in [1.54, 1.807) is 18.5 Å². The van der Waals surface area contributed by atoms with Crippen LogP contribution in [0.5, 0.6) is 0 Å². The fraction of sp³-hybridized carbons (Fsp3) is 0.208. The third-order valence-corrected chi connectivity index (χ3v) is 5.64. The van der Waals surface area contributed by atoms with Crippen LogP contribution in [0.3, 0.4) is 0 Å². The molecule has 0 spiro atoms. The van der Waals surface area contributed by atoms with Crippen molar-refractivity contribution in [2.75, 3.05) is 25.0 Å². The highest BCUT2D eigenvalue weighted by Gasteiger charge is 2.27. The predicted octanol–water partition coefficient (Wildman–Crippen LogP) is 3.74. The highest BCUT2D eigenvalue weighted by molar-refractivity contribution is 5.99. The zero-order valence-corrected chi connectivity index (χ0v) is 17.6. The Balaban J connectivity index is 1.29. The lowest BCUT2D eigenvalue weighted by Gasteiger charge is -2.32. The van der Waals surface area contributed by atoms with Crippen molar-refractivity contribution in [3.63, 3.8) is 0 Å². The molecule has 9 heteroatoms. The van der Waals surface area contributed by atoms with E-state index >= 15 is 0 Å². The molecular formula is C24H21F2N5O2. The van der Waals surface area contributed by atoms with Crippen molar-refractivity contribution in [3.05, 3.63) is 78.1 Å². The first kappa shape index (κ1) is 21.2. The summed E-state index contributed by atoms with van der Waals surface area (Å²) in [7, 11) is 0. The van der Waals surface area contributed by atoms with Gasteiger partial charge in [-0.3, -0.25) is 19.8 Å². The van der Waals surface area contributed by atoms with E-state index in [4.69, 9.17) is 4.74 Å². The first-order valence-electron chi connectivity index (χ1n) is 10.5. The number of rotatable bonds is 5. The summed E-state index contributed by atoms with van der Waals surface area (Å²) >= 11 is 0. The minimum Gasteiger partial charge on any atom is -0.366 e. The normalized spacial score (nSPS) is 16.7. The van der Waals surface area contributed by atoms with Gasteiger partial charge in [0.2, 0.25) is 0 Å². The number of pyridine rings is 1. The summed E-state index contributed by atoms with van der Waals surface area (Å²) in [5, 5.41) is 11.2. The zero-order valence-electron chi connectivity index (χ0n) is 17.6. The highest BCUT2D eigenvalue weighted by atomic mass is 19.1. The predicted molar refractivity (Wildman–Crippen MR) is 119 cm³/mol. The Morgan fingerprint density at radius 3 is 2.82 bits per heavy atom. The van der Waals surface area contributed by atoms with Crippen molar-refractivity contribution in [1.82, 2.24) is 20.1 Å². The summed E-state index contributed by atoms with van der Waals surface area (Å²) in [5.41, 5.74) is 3.53. The molecule has 1 aliphatic heterocycles. The van der Waals surface area contributed by atoms with Crippen LogP contribution in [0.15, 0.2) is 60.9 Å². The van der Waals surface area contributed by atoms with Crippen LogP contribution in [0.2, 0.25) is 0 Å². The monoisotopic (exact) mass is 449 g/mol. The van der Waals surface area contributed by atoms with E-state index in [9.17, 15) is 13.6 Å². The van der Waals surface area contributed by atoms with E-state index in [1.807, 2.05) is 29.2 Å². The fourth-order valence-electron chi connectivity index (χ4n) is 3.94. The number of carbonyl (C=O) groups excluding carboxylic acids is 1. The second-order valence-corrected chi connectivity index (χ2v) is 7.89. The fourth-order valence-corrected chi connectivity index (χ4v) is 3.94. The van der Waals surface area contributed by atoms with Crippen LogP contribution in [0.1, 0.15) is 5.56 Å². The third-order valence-electron chi connectivity index (χ3n) is 5.64. The van der Waals surface area contributed by atoms with Gasteiger partial charge in [0.1, 0.15) is 23.4 Å². The molecule has 1 saturated heterocycles. The minimum atomic E-state index is -0.707. The number of nitrogens with one attached hydrogen (secondary N) is 2. The van der Waals surface area contributed by atoms with Gasteiger partial charge in [-0.25, -0.2) is 8.78 Å². The third kappa shape index (κ3) is 4.59. The van der Waals surface area contributed by atoms with Gasteiger partial charge in [0.25, 0.3) is 5.91 Å². The maximum atomic E-state index is 14.0. The van der Waals surface area contributed by atoms with Crippen LogP contribution in [0, 0.1) is 11.6 Å². The van der Waals surface area contributed by atoms with Gasteiger partial charge >= 0.3 is 0 Å². The number of amides is 1. The van der Waals surface area contributed by atoms with E-state index < -0.39 is 17.7 Å². The summed E-state index contributed by atoms with van der Waals surface area (Å²) in [5.74, 6) is -1.49. The van der Waals surface area contributed by atoms with Gasteiger partial charge in [0, 0.05) is 60.3 Å². The lowest BCUT2D eigenvalue weighted by atomic mass is 10.1. The molecule has 5 rings (SSSR count). The first-order chi connectivity index (χ1) is 16.1. The molecule has 0 radical (unpaired) electrons. The minimum absolute atomic E-state index is 0.273. The Morgan fingerprint density at radius 1 is 1.15 bits per heavy atom. The summed E-state index contributed by atoms with van der Waals surface area (Å²) in [6.07, 6.45) is 2.69. The highest BCUT2D eigenvalue weighted by Crippen LogP contribution is 2.28. The van der Waals surface area contributed by atoms with Gasteiger partial charge in [-0.1, -0.05) is 6.07 Å². The van der Waals surface area contributed by atoms with Crippen molar-refractivity contribution >= 4 is 22.5 Å². The van der Waals surface area contributed by atoms with E-state index in [0.717, 1.165) is 28.2 Å². The molecule has 1 unspecified atom stereocenters. The Bertz CT molecular complexity index is 1290. The van der Waals surface area contributed by atoms with Gasteiger partial charge in [-0.2, -0.15) is 5.10 Å². The summed E-state index contributed by atoms with van der Waals surface area (Å²) in [6, 6.07) is 12.8. The SMILES string of the molecule is O=C(Nc1ccc2[nH]nc(-c3ccncc3)c2c1)C1CN(Cc2ccc(F)cc2F)CCO1. The zero-order chi connectivity index (χ0) is 22.8. The molecule has 168 valence electrons. The molecule has 7 nitrogen and oxygen atoms in total. The molecule has 0 saturated carbocycles. The molecule has 0 aliphatic carbocycles. The molecule has 1 atom stereocenters. The number of aromatic nitrogens is 3. The van der Waals surface area contributed by atoms with Crippen molar-refractivity contribution in [2.45, 2.75) is 12.6 Å². The quantitative estimate of drug-likeness (QED) is 0.485. The second-order valence-electron chi connectivity index (χ2n) is 7.89. The molecule has 1 fully saturated rings. The number of ether oxygens (including phenoxy) is 1. The smallest absolute Gasteiger partial charge is 0.254 e. The van der Waals surface area contributed by atoms with E-state index in [2.05, 4.69) is 20.5 Å². The van der Waals surface area contributed by atoms with Gasteiger partial charge in [-0.05, 0) is 36.4 Å². The molecule has 3 heterocycles. The van der Waals surface area contributed by atoms with Gasteiger partial charge < -0.3 is 10.1 Å². The second kappa shape index (κ2) is 9.05. The molecule has 2 aromatic carbocycles. The number of fused-ring (bicyclic) bond motifs is 1. The molecule has 1 aliphatic rings. The Kier molecular flexibility index (Phi) is 5.80. The van der Waals surface area contributed by atoms with E-state index in [1.165, 1.54) is 12.1 Å². The number of hydrogen-bond donors (Lipinski definition) is 2. The molecule has 0 bridgehead atoms. The maximum absolute atomic E-state index is 14.0. The van der Waals surface area contributed by atoms with Crippen LogP contribution in [-0.2, 0) is 16.1 Å². The van der Waals surface area contributed by atoms with E-state index in [0.29, 0.717) is 30.9 Å². The van der Waals surface area contributed by atoms with Gasteiger partial charge in [-0.15, -0.1) is 0 Å². The molecule has 4 aromatic rings. The number of carbonyl (C=O) groups is 1. The van der Waals surface area contributed by atoms with Crippen LogP contribution < -0.4 is 5.32 Å². The van der Waals surface area contributed by atoms with Crippen molar-refractivity contribution in [1.29, 1.82) is 0 Å². The largest absolute Gasteiger partial charge is 0.366 e. The van der Waals surface area contributed by atoms with Gasteiger partial charge in [0.15, 0.2) is 0 Å². The molecule has 2 aromatic heterocycles. The summed E-state index contributed by atoms with van der Waals surface area (Å²) in [6.45, 7) is 1.47. The molecule has 2 N–H and O–H groups in total. The standard InChI is InChI=1S/C24H21F2N5O2/c25-17-2-1-16(20(26)11-17)13-31-9-10-33-22(14-31)24(32)28-18-3-4-21-19(12-18)23(30-29-21)15-5-7-27-8-6-15/h1-8,11-12,22H,9-10,13-14H2,(H,28,32)(H,29,30). The maximum Gasteiger partial charge on any atom is 0.254 e. The number of anilines is 1. The number of benzene rings is 2.